The maximum atomic E-state index is 14.2. The molecule has 0 saturated carbocycles. The SMILES string of the molecule is C\C=C/C=C\C(C)=C(\N=C(C)c1ccccc1F)C(=O)Nc1cccc2cnccc12. The van der Waals surface area contributed by atoms with Crippen molar-refractivity contribution in [2.75, 3.05) is 5.32 Å². The molecule has 0 radical (unpaired) electrons. The van der Waals surface area contributed by atoms with Gasteiger partial charge in [0, 0.05) is 40.1 Å². The largest absolute Gasteiger partial charge is 0.320 e. The van der Waals surface area contributed by atoms with Crippen LogP contribution in [0.4, 0.5) is 10.1 Å². The first kappa shape index (κ1) is 21.8. The second-order valence-electron chi connectivity index (χ2n) is 6.95. The molecule has 0 spiro atoms. The molecule has 1 N–H and O–H groups in total. The number of rotatable bonds is 6. The lowest BCUT2D eigenvalue weighted by Gasteiger charge is -2.11. The van der Waals surface area contributed by atoms with Crippen molar-refractivity contribution in [3.63, 3.8) is 0 Å². The number of hydrogen-bond acceptors (Lipinski definition) is 3. The fourth-order valence-corrected chi connectivity index (χ4v) is 3.10. The number of hydrogen-bond donors (Lipinski definition) is 1. The van der Waals surface area contributed by atoms with Crippen LogP contribution in [0.15, 0.2) is 101 Å². The van der Waals surface area contributed by atoms with Crippen molar-refractivity contribution in [3.8, 4) is 0 Å². The van der Waals surface area contributed by atoms with E-state index >= 15 is 0 Å². The number of carbonyl (C=O) groups is 1. The average Bonchev–Trinajstić information content (AvgIpc) is 2.78. The molecule has 1 amide bonds. The number of aromatic nitrogens is 1. The highest BCUT2D eigenvalue weighted by Gasteiger charge is 2.15. The van der Waals surface area contributed by atoms with Crippen molar-refractivity contribution in [2.45, 2.75) is 20.8 Å². The standard InChI is InChI=1S/C26H24FN3O/c1-4-5-6-10-18(2)25(29-19(3)21-12-7-8-13-23(21)27)26(31)30-24-14-9-11-20-17-28-16-15-22(20)24/h4-17H,1-3H3,(H,30,31)/b5-4-,10-6-,25-18+,29-19?. The van der Waals surface area contributed by atoms with Crippen molar-refractivity contribution in [1.29, 1.82) is 0 Å². The van der Waals surface area contributed by atoms with Gasteiger partial charge in [-0.25, -0.2) is 9.38 Å². The van der Waals surface area contributed by atoms with Gasteiger partial charge in [0.05, 0.1) is 0 Å². The molecule has 0 bridgehead atoms. The minimum absolute atomic E-state index is 0.215. The Kier molecular flexibility index (Phi) is 7.22. The first-order chi connectivity index (χ1) is 15.0. The van der Waals surface area contributed by atoms with Gasteiger partial charge < -0.3 is 5.32 Å². The molecule has 1 heterocycles. The van der Waals surface area contributed by atoms with Crippen LogP contribution in [0.1, 0.15) is 26.3 Å². The van der Waals surface area contributed by atoms with Gasteiger partial charge >= 0.3 is 0 Å². The number of benzene rings is 2. The van der Waals surface area contributed by atoms with E-state index in [1.54, 1.807) is 50.5 Å². The van der Waals surface area contributed by atoms with Crippen LogP contribution < -0.4 is 5.32 Å². The zero-order valence-corrected chi connectivity index (χ0v) is 17.8. The second kappa shape index (κ2) is 10.3. The molecule has 0 saturated heterocycles. The molecule has 1 aromatic heterocycles. The summed E-state index contributed by atoms with van der Waals surface area (Å²) >= 11 is 0. The van der Waals surface area contributed by atoms with Crippen LogP contribution in [-0.4, -0.2) is 16.6 Å². The first-order valence-corrected chi connectivity index (χ1v) is 9.95. The summed E-state index contributed by atoms with van der Waals surface area (Å²) in [5.41, 5.74) is 2.31. The van der Waals surface area contributed by atoms with E-state index in [0.29, 0.717) is 22.5 Å². The molecule has 0 unspecified atom stereocenters. The molecule has 0 aliphatic rings. The smallest absolute Gasteiger partial charge is 0.274 e. The number of halogens is 1. The van der Waals surface area contributed by atoms with Gasteiger partial charge in [0.1, 0.15) is 11.5 Å². The zero-order valence-electron chi connectivity index (χ0n) is 17.8. The third-order valence-corrected chi connectivity index (χ3v) is 4.71. The van der Waals surface area contributed by atoms with Gasteiger partial charge in [-0.2, -0.15) is 0 Å². The number of allylic oxidation sites excluding steroid dienone is 5. The number of amides is 1. The van der Waals surface area contributed by atoms with E-state index in [0.717, 1.165) is 10.8 Å². The Morgan fingerprint density at radius 1 is 1.06 bits per heavy atom. The predicted molar refractivity (Wildman–Crippen MR) is 126 cm³/mol. The van der Waals surface area contributed by atoms with E-state index in [-0.39, 0.29) is 17.4 Å². The topological polar surface area (TPSA) is 54.4 Å². The van der Waals surface area contributed by atoms with Crippen LogP contribution >= 0.6 is 0 Å². The number of fused-ring (bicyclic) bond motifs is 1. The van der Waals surface area contributed by atoms with E-state index < -0.39 is 0 Å². The highest BCUT2D eigenvalue weighted by molar-refractivity contribution is 6.11. The number of aliphatic imine (C=N–C) groups is 1. The third-order valence-electron chi connectivity index (χ3n) is 4.71. The molecule has 4 nitrogen and oxygen atoms in total. The lowest BCUT2D eigenvalue weighted by molar-refractivity contribution is -0.112. The van der Waals surface area contributed by atoms with E-state index in [4.69, 9.17) is 0 Å². The highest BCUT2D eigenvalue weighted by atomic mass is 19.1. The molecular weight excluding hydrogens is 389 g/mol. The van der Waals surface area contributed by atoms with Gasteiger partial charge in [-0.15, -0.1) is 0 Å². The number of nitrogens with one attached hydrogen (secondary N) is 1. The molecule has 0 atom stereocenters. The first-order valence-electron chi connectivity index (χ1n) is 9.95. The Balaban J connectivity index is 2.03. The summed E-state index contributed by atoms with van der Waals surface area (Å²) in [7, 11) is 0. The van der Waals surface area contributed by atoms with Crippen LogP contribution in [0.2, 0.25) is 0 Å². The van der Waals surface area contributed by atoms with Crippen molar-refractivity contribution in [1.82, 2.24) is 4.98 Å². The number of nitrogens with zero attached hydrogens (tertiary/aromatic N) is 2. The van der Waals surface area contributed by atoms with Crippen LogP contribution in [0, 0.1) is 5.82 Å². The van der Waals surface area contributed by atoms with Gasteiger partial charge in [0.15, 0.2) is 0 Å². The Labute approximate surface area is 181 Å². The fourth-order valence-electron chi connectivity index (χ4n) is 3.10. The zero-order chi connectivity index (χ0) is 22.2. The Morgan fingerprint density at radius 3 is 2.65 bits per heavy atom. The van der Waals surface area contributed by atoms with Gasteiger partial charge in [0.25, 0.3) is 5.91 Å². The molecule has 5 heteroatoms. The van der Waals surface area contributed by atoms with E-state index in [1.807, 2.05) is 49.4 Å². The molecule has 2 aromatic carbocycles. The summed E-state index contributed by atoms with van der Waals surface area (Å²) < 4.78 is 14.2. The molecule has 0 aliphatic heterocycles. The minimum Gasteiger partial charge on any atom is -0.320 e. The van der Waals surface area contributed by atoms with E-state index in [9.17, 15) is 9.18 Å². The van der Waals surface area contributed by atoms with Crippen molar-refractivity contribution in [2.24, 2.45) is 4.99 Å². The van der Waals surface area contributed by atoms with Crippen molar-refractivity contribution >= 4 is 28.1 Å². The van der Waals surface area contributed by atoms with Crippen LogP contribution in [0.25, 0.3) is 10.8 Å². The molecule has 0 aliphatic carbocycles. The van der Waals surface area contributed by atoms with Crippen LogP contribution in [0.5, 0.6) is 0 Å². The Morgan fingerprint density at radius 2 is 1.87 bits per heavy atom. The molecule has 31 heavy (non-hydrogen) atoms. The van der Waals surface area contributed by atoms with E-state index in [2.05, 4.69) is 15.3 Å². The summed E-state index contributed by atoms with van der Waals surface area (Å²) in [4.78, 5) is 21.9. The minimum atomic E-state index is -0.382. The summed E-state index contributed by atoms with van der Waals surface area (Å²) in [6.45, 7) is 5.41. The Bertz CT molecular complexity index is 1220. The van der Waals surface area contributed by atoms with Gasteiger partial charge in [-0.3, -0.25) is 9.78 Å². The fraction of sp³-hybridized carbons (Fsp3) is 0.115. The van der Waals surface area contributed by atoms with E-state index in [1.165, 1.54) is 6.07 Å². The summed E-state index contributed by atoms with van der Waals surface area (Å²) in [5, 5.41) is 4.75. The molecule has 3 rings (SSSR count). The van der Waals surface area contributed by atoms with Crippen LogP contribution in [-0.2, 0) is 4.79 Å². The van der Waals surface area contributed by atoms with Crippen LogP contribution in [0.3, 0.4) is 0 Å². The average molecular weight is 413 g/mol. The van der Waals surface area contributed by atoms with Crippen molar-refractivity contribution in [3.05, 3.63) is 108 Å². The maximum Gasteiger partial charge on any atom is 0.274 e. The molecule has 0 fully saturated rings. The van der Waals surface area contributed by atoms with Crippen molar-refractivity contribution < 1.29 is 9.18 Å². The monoisotopic (exact) mass is 413 g/mol. The summed E-state index contributed by atoms with van der Waals surface area (Å²) in [6, 6.07) is 13.8. The summed E-state index contributed by atoms with van der Waals surface area (Å²) in [5.74, 6) is -0.755. The quantitative estimate of drug-likeness (QED) is 0.296. The lowest BCUT2D eigenvalue weighted by Crippen LogP contribution is -2.16. The predicted octanol–water partition coefficient (Wildman–Crippen LogP) is 6.23. The molecule has 156 valence electrons. The molecular formula is C26H24FN3O. The third kappa shape index (κ3) is 5.39. The summed E-state index contributed by atoms with van der Waals surface area (Å²) in [6.07, 6.45) is 10.8. The van der Waals surface area contributed by atoms with Gasteiger partial charge in [0.2, 0.25) is 0 Å². The normalized spacial score (nSPS) is 13.1. The van der Waals surface area contributed by atoms with Gasteiger partial charge in [-0.05, 0) is 44.5 Å². The second-order valence-corrected chi connectivity index (χ2v) is 6.95. The number of pyridine rings is 1. The lowest BCUT2D eigenvalue weighted by atomic mass is 10.1. The van der Waals surface area contributed by atoms with Gasteiger partial charge in [-0.1, -0.05) is 54.6 Å². The Hall–Kier alpha value is -3.86. The highest BCUT2D eigenvalue weighted by Crippen LogP contribution is 2.23. The number of carbonyl (C=O) groups excluding carboxylic acids is 1. The molecule has 3 aromatic rings. The number of anilines is 1. The maximum absolute atomic E-state index is 14.2.